The largest absolute Gasteiger partial charge is 0.383 e. The number of thiophene rings is 1. The maximum atomic E-state index is 12.4. The molecular formula is C11H19BrN2O3S2. The Labute approximate surface area is 127 Å². The van der Waals surface area contributed by atoms with Crippen LogP contribution < -0.4 is 5.32 Å². The van der Waals surface area contributed by atoms with Gasteiger partial charge in [-0.1, -0.05) is 6.92 Å². The molecule has 1 heterocycles. The molecule has 1 aromatic heterocycles. The number of ether oxygens (including phenoxy) is 1. The van der Waals surface area contributed by atoms with Crippen LogP contribution in [0.15, 0.2) is 14.7 Å². The van der Waals surface area contributed by atoms with Gasteiger partial charge in [-0.3, -0.25) is 0 Å². The molecule has 0 unspecified atom stereocenters. The Bertz CT molecular complexity index is 502. The van der Waals surface area contributed by atoms with E-state index in [1.54, 1.807) is 20.2 Å². The molecular weight excluding hydrogens is 352 g/mol. The molecule has 8 heteroatoms. The summed E-state index contributed by atoms with van der Waals surface area (Å²) in [6.45, 7) is 4.26. The van der Waals surface area contributed by atoms with Gasteiger partial charge >= 0.3 is 0 Å². The first kappa shape index (κ1) is 17.1. The zero-order chi connectivity index (χ0) is 14.5. The van der Waals surface area contributed by atoms with E-state index in [1.165, 1.54) is 15.6 Å². The Balaban J connectivity index is 2.91. The number of sulfonamides is 1. The predicted molar refractivity (Wildman–Crippen MR) is 81.1 cm³/mol. The second-order valence-electron chi connectivity index (χ2n) is 3.95. The average molecular weight is 371 g/mol. The maximum absolute atomic E-state index is 12.4. The van der Waals surface area contributed by atoms with E-state index in [2.05, 4.69) is 21.2 Å². The topological polar surface area (TPSA) is 58.6 Å². The molecule has 1 rings (SSSR count). The van der Waals surface area contributed by atoms with E-state index < -0.39 is 10.0 Å². The van der Waals surface area contributed by atoms with Gasteiger partial charge in [0.25, 0.3) is 0 Å². The third-order valence-corrected chi connectivity index (χ3v) is 6.66. The third kappa shape index (κ3) is 4.51. The van der Waals surface area contributed by atoms with Gasteiger partial charge in [0.15, 0.2) is 0 Å². The first-order valence-electron chi connectivity index (χ1n) is 5.87. The Kier molecular flexibility index (Phi) is 6.92. The average Bonchev–Trinajstić information content (AvgIpc) is 2.75. The quantitative estimate of drug-likeness (QED) is 0.758. The Morgan fingerprint density at radius 1 is 1.53 bits per heavy atom. The Morgan fingerprint density at radius 3 is 2.79 bits per heavy atom. The summed E-state index contributed by atoms with van der Waals surface area (Å²) in [6, 6.07) is 1.72. The number of rotatable bonds is 8. The van der Waals surface area contributed by atoms with Crippen LogP contribution in [0.4, 0.5) is 0 Å². The van der Waals surface area contributed by atoms with Gasteiger partial charge < -0.3 is 10.1 Å². The van der Waals surface area contributed by atoms with Gasteiger partial charge in [0.05, 0.1) is 10.4 Å². The van der Waals surface area contributed by atoms with Crippen molar-refractivity contribution in [3.8, 4) is 0 Å². The second-order valence-corrected chi connectivity index (χ2v) is 8.42. The van der Waals surface area contributed by atoms with Crippen molar-refractivity contribution in [3.05, 3.63) is 14.7 Å². The lowest BCUT2D eigenvalue weighted by Crippen LogP contribution is -2.30. The van der Waals surface area contributed by atoms with Gasteiger partial charge in [-0.05, 0) is 28.5 Å². The number of nitrogens with one attached hydrogen (secondary N) is 1. The minimum absolute atomic E-state index is 0.323. The lowest BCUT2D eigenvalue weighted by atomic mass is 10.4. The van der Waals surface area contributed by atoms with Crippen LogP contribution in [0.1, 0.15) is 11.8 Å². The van der Waals surface area contributed by atoms with Gasteiger partial charge in [-0.15, -0.1) is 11.3 Å². The van der Waals surface area contributed by atoms with Crippen LogP contribution >= 0.6 is 27.3 Å². The van der Waals surface area contributed by atoms with Crippen molar-refractivity contribution < 1.29 is 13.2 Å². The minimum Gasteiger partial charge on any atom is -0.383 e. The van der Waals surface area contributed by atoms with Crippen molar-refractivity contribution in [1.82, 2.24) is 9.62 Å². The molecule has 0 bridgehead atoms. The number of hydrogen-bond acceptors (Lipinski definition) is 5. The lowest BCUT2D eigenvalue weighted by molar-refractivity contribution is 0.185. The summed E-state index contributed by atoms with van der Waals surface area (Å²) >= 11 is 4.77. The maximum Gasteiger partial charge on any atom is 0.244 e. The van der Waals surface area contributed by atoms with Crippen LogP contribution in [0.2, 0.25) is 0 Å². The van der Waals surface area contributed by atoms with Crippen LogP contribution in [-0.2, 0) is 21.3 Å². The van der Waals surface area contributed by atoms with Gasteiger partial charge in [0.1, 0.15) is 4.90 Å². The van der Waals surface area contributed by atoms with Crippen molar-refractivity contribution in [2.75, 3.05) is 33.9 Å². The molecule has 19 heavy (non-hydrogen) atoms. The van der Waals surface area contributed by atoms with E-state index in [-0.39, 0.29) is 0 Å². The molecule has 0 radical (unpaired) electrons. The summed E-state index contributed by atoms with van der Waals surface area (Å²) in [4.78, 5) is 1.32. The molecule has 0 saturated heterocycles. The van der Waals surface area contributed by atoms with E-state index in [1.807, 2.05) is 6.92 Å². The molecule has 0 aliphatic carbocycles. The van der Waals surface area contributed by atoms with Gasteiger partial charge in [0, 0.05) is 32.1 Å². The molecule has 0 aliphatic rings. The van der Waals surface area contributed by atoms with Crippen LogP contribution in [0.5, 0.6) is 0 Å². The fraction of sp³-hybridized carbons (Fsp3) is 0.636. The molecule has 0 saturated carbocycles. The molecule has 5 nitrogen and oxygen atoms in total. The van der Waals surface area contributed by atoms with Crippen molar-refractivity contribution in [2.24, 2.45) is 0 Å². The van der Waals surface area contributed by atoms with Crippen molar-refractivity contribution in [1.29, 1.82) is 0 Å². The van der Waals surface area contributed by atoms with E-state index in [4.69, 9.17) is 4.74 Å². The van der Waals surface area contributed by atoms with E-state index >= 15 is 0 Å². The van der Waals surface area contributed by atoms with E-state index in [0.717, 1.165) is 11.4 Å². The summed E-state index contributed by atoms with van der Waals surface area (Å²) in [5.74, 6) is 0. The van der Waals surface area contributed by atoms with Gasteiger partial charge in [0.2, 0.25) is 10.0 Å². The van der Waals surface area contributed by atoms with Gasteiger partial charge in [-0.25, -0.2) is 8.42 Å². The number of likely N-dealkylation sites (N-methyl/N-ethyl adjacent to an activating group) is 1. The molecule has 0 fully saturated rings. The first-order chi connectivity index (χ1) is 8.93. The van der Waals surface area contributed by atoms with E-state index in [9.17, 15) is 8.42 Å². The number of methoxy groups -OCH3 is 1. The molecule has 0 atom stereocenters. The second kappa shape index (κ2) is 7.70. The summed E-state index contributed by atoms with van der Waals surface area (Å²) in [5.41, 5.74) is 0. The summed E-state index contributed by atoms with van der Waals surface area (Å²) in [7, 11) is -0.348. The van der Waals surface area contributed by atoms with Crippen molar-refractivity contribution in [2.45, 2.75) is 18.4 Å². The van der Waals surface area contributed by atoms with Crippen molar-refractivity contribution in [3.63, 3.8) is 0 Å². The Hall–Kier alpha value is 0.01000. The molecule has 1 aromatic rings. The molecule has 0 aliphatic heterocycles. The summed E-state index contributed by atoms with van der Waals surface area (Å²) < 4.78 is 31.6. The first-order valence-corrected chi connectivity index (χ1v) is 8.92. The molecule has 0 spiro atoms. The van der Waals surface area contributed by atoms with Crippen molar-refractivity contribution >= 4 is 37.3 Å². The number of hydrogen-bond donors (Lipinski definition) is 1. The third-order valence-electron chi connectivity index (χ3n) is 2.55. The molecule has 1 N–H and O–H groups in total. The minimum atomic E-state index is -3.46. The molecule has 0 aromatic carbocycles. The molecule has 110 valence electrons. The highest BCUT2D eigenvalue weighted by atomic mass is 79.9. The SMILES string of the molecule is CCNCc1cc(S(=O)(=O)N(C)CCOC)c(Br)s1. The van der Waals surface area contributed by atoms with Crippen LogP contribution in [0, 0.1) is 0 Å². The normalized spacial score (nSPS) is 12.3. The summed E-state index contributed by atoms with van der Waals surface area (Å²) in [6.07, 6.45) is 0. The number of nitrogens with zero attached hydrogens (tertiary/aromatic N) is 1. The van der Waals surface area contributed by atoms with Crippen LogP contribution in [-0.4, -0.2) is 46.6 Å². The van der Waals surface area contributed by atoms with E-state index in [0.29, 0.717) is 28.4 Å². The zero-order valence-electron chi connectivity index (χ0n) is 11.3. The number of halogens is 1. The fourth-order valence-corrected chi connectivity index (χ4v) is 5.17. The highest BCUT2D eigenvalue weighted by Gasteiger charge is 2.25. The smallest absolute Gasteiger partial charge is 0.244 e. The molecule has 0 amide bonds. The predicted octanol–water partition coefficient (Wildman–Crippen LogP) is 1.89. The Morgan fingerprint density at radius 2 is 2.21 bits per heavy atom. The lowest BCUT2D eigenvalue weighted by Gasteiger charge is -2.15. The summed E-state index contributed by atoms with van der Waals surface area (Å²) in [5, 5.41) is 3.18. The highest BCUT2D eigenvalue weighted by molar-refractivity contribution is 9.11. The highest BCUT2D eigenvalue weighted by Crippen LogP contribution is 2.33. The van der Waals surface area contributed by atoms with Gasteiger partial charge in [-0.2, -0.15) is 4.31 Å². The fourth-order valence-electron chi connectivity index (χ4n) is 1.42. The zero-order valence-corrected chi connectivity index (χ0v) is 14.5. The van der Waals surface area contributed by atoms with Crippen LogP contribution in [0.3, 0.4) is 0 Å². The standard InChI is InChI=1S/C11H19BrN2O3S2/c1-4-13-8-9-7-10(11(12)18-9)19(15,16)14(2)5-6-17-3/h7,13H,4-6,8H2,1-3H3. The van der Waals surface area contributed by atoms with Crippen LogP contribution in [0.25, 0.3) is 0 Å². The monoisotopic (exact) mass is 370 g/mol.